The van der Waals surface area contributed by atoms with Crippen LogP contribution < -0.4 is 19.7 Å². The molecule has 0 saturated heterocycles. The van der Waals surface area contributed by atoms with Crippen LogP contribution in [-0.2, 0) is 29.6 Å². The van der Waals surface area contributed by atoms with Crippen molar-refractivity contribution < 1.29 is 65.8 Å². The summed E-state index contributed by atoms with van der Waals surface area (Å²) in [4.78, 5) is 38.6. The zero-order chi connectivity index (χ0) is 49.5. The Hall–Kier alpha value is -4.52. The molecule has 67 heavy (non-hydrogen) atoms. The summed E-state index contributed by atoms with van der Waals surface area (Å²) in [6.07, 6.45) is -0.904. The summed E-state index contributed by atoms with van der Waals surface area (Å²) in [6.45, 7) is 10.3. The van der Waals surface area contributed by atoms with Gasteiger partial charge in [0, 0.05) is 59.9 Å². The van der Waals surface area contributed by atoms with Gasteiger partial charge >= 0.3 is 37.7 Å². The van der Waals surface area contributed by atoms with E-state index in [0.717, 1.165) is 0 Å². The number of nitrogens with zero attached hydrogens (tertiary/aromatic N) is 4. The SMILES string of the molecule is CCS(=O)(=O)Nc1nc(-c2ccc(F)cc2)c(/C=C/[C@@H](O)C[C@@H](O)CC(=O)[O-])c(C(C)C)n1.CCS(=O)(=O)Nc1nc(-c2ccc(F)cc2)c(/C=C/[C@@H](O)C[C@@H](O)CC(=O)[O-])c(C(C)C)n1.[Ca+2]. The number of carboxylic acid groups (broad SMARTS) is 2. The molecule has 0 amide bonds. The molecular weight excluding hydrogens is 947 g/mol. The van der Waals surface area contributed by atoms with Crippen LogP contribution in [0.3, 0.4) is 0 Å². The van der Waals surface area contributed by atoms with Crippen LogP contribution in [0.1, 0.15) is 102 Å². The Morgan fingerprint density at radius 2 is 0.925 bits per heavy atom. The maximum absolute atomic E-state index is 13.5. The van der Waals surface area contributed by atoms with Crippen LogP contribution in [-0.4, -0.2) is 143 Å². The van der Waals surface area contributed by atoms with Crippen molar-refractivity contribution in [1.29, 1.82) is 0 Å². The van der Waals surface area contributed by atoms with Gasteiger partial charge in [-0.3, -0.25) is 9.44 Å². The van der Waals surface area contributed by atoms with E-state index in [-0.39, 0.29) is 85.8 Å². The number of aliphatic hydroxyl groups excluding tert-OH is 4. The summed E-state index contributed by atoms with van der Waals surface area (Å²) in [7, 11) is -7.31. The van der Waals surface area contributed by atoms with Crippen LogP contribution >= 0.6 is 0 Å². The van der Waals surface area contributed by atoms with E-state index in [1.807, 2.05) is 27.7 Å². The Morgan fingerprint density at radius 1 is 0.612 bits per heavy atom. The van der Waals surface area contributed by atoms with Crippen molar-refractivity contribution in [3.8, 4) is 22.5 Å². The van der Waals surface area contributed by atoms with Crippen LogP contribution in [0.25, 0.3) is 34.7 Å². The molecule has 4 atom stereocenters. The minimum Gasteiger partial charge on any atom is -0.550 e. The number of anilines is 2. The van der Waals surface area contributed by atoms with E-state index in [9.17, 15) is 65.8 Å². The number of hydrogen-bond acceptors (Lipinski definition) is 16. The number of aliphatic carboxylic acids is 2. The first-order valence-corrected chi connectivity index (χ1v) is 24.0. The molecule has 360 valence electrons. The standard InChI is InChI=1S/2C22H28FN3O6S.Ca/c2*1-4-33(31,32)26-22-24-20(13(2)3)18(10-9-16(27)11-17(28)12-19(29)30)21(25-22)14-5-7-15(23)8-6-14;/h2*5-10,13,16-17,27-28H,4,11-12H2,1-3H3,(H,29,30)(H,24,25,26);/q;;+2/p-2/b2*10-9+;/t2*16-,17-;/m11./s1. The third-order valence-corrected chi connectivity index (χ3v) is 11.8. The average molecular weight is 1000 g/mol. The number of nitrogens with one attached hydrogen (secondary N) is 2. The molecule has 0 fully saturated rings. The smallest absolute Gasteiger partial charge is 0.550 e. The van der Waals surface area contributed by atoms with Crippen molar-refractivity contribution in [3.05, 3.63) is 94.8 Å². The van der Waals surface area contributed by atoms with Crippen molar-refractivity contribution in [2.45, 2.75) is 103 Å². The van der Waals surface area contributed by atoms with Crippen molar-refractivity contribution in [2.75, 3.05) is 20.9 Å². The zero-order valence-electron chi connectivity index (χ0n) is 37.8. The van der Waals surface area contributed by atoms with E-state index in [1.54, 1.807) is 0 Å². The molecule has 0 aliphatic carbocycles. The summed E-state index contributed by atoms with van der Waals surface area (Å²) in [6, 6.07) is 10.9. The minimum absolute atomic E-state index is 0. The molecule has 0 radical (unpaired) electrons. The van der Waals surface area contributed by atoms with Gasteiger partial charge in [0.25, 0.3) is 0 Å². The van der Waals surface area contributed by atoms with E-state index in [1.165, 1.54) is 86.7 Å². The molecule has 23 heteroatoms. The van der Waals surface area contributed by atoms with Crippen LogP contribution in [0, 0.1) is 11.6 Å². The molecule has 4 aromatic rings. The third kappa shape index (κ3) is 19.5. The largest absolute Gasteiger partial charge is 2.00 e. The molecule has 6 N–H and O–H groups in total. The normalized spacial score (nSPS) is 13.7. The van der Waals surface area contributed by atoms with Crippen molar-refractivity contribution in [3.63, 3.8) is 0 Å². The number of carboxylic acids is 2. The van der Waals surface area contributed by atoms with Crippen LogP contribution in [0.2, 0.25) is 0 Å². The quantitative estimate of drug-likeness (QED) is 0.0617. The van der Waals surface area contributed by atoms with Gasteiger partial charge in [-0.2, -0.15) is 0 Å². The molecule has 2 heterocycles. The molecule has 2 aromatic carbocycles. The second-order valence-corrected chi connectivity index (χ2v) is 19.5. The Kier molecular flexibility index (Phi) is 23.5. The number of halogens is 2. The minimum atomic E-state index is -3.66. The fourth-order valence-corrected chi connectivity index (χ4v) is 7.06. The van der Waals surface area contributed by atoms with Gasteiger partial charge in [0.15, 0.2) is 0 Å². The molecule has 0 aliphatic rings. The Labute approximate surface area is 418 Å². The third-order valence-electron chi connectivity index (χ3n) is 9.33. The van der Waals surface area contributed by atoms with Gasteiger partial charge in [0.2, 0.25) is 31.9 Å². The van der Waals surface area contributed by atoms with Gasteiger partial charge in [-0.15, -0.1) is 0 Å². The second-order valence-electron chi connectivity index (χ2n) is 15.5. The number of carbonyl (C=O) groups excluding carboxylic acids is 2. The topological polar surface area (TPSA) is 305 Å². The van der Waals surface area contributed by atoms with Gasteiger partial charge < -0.3 is 40.2 Å². The summed E-state index contributed by atoms with van der Waals surface area (Å²) in [5.41, 5.74) is 3.46. The van der Waals surface area contributed by atoms with Crippen LogP contribution in [0.4, 0.5) is 20.7 Å². The van der Waals surface area contributed by atoms with Gasteiger partial charge in [0.1, 0.15) is 11.6 Å². The summed E-state index contributed by atoms with van der Waals surface area (Å²) >= 11 is 0. The number of hydrogen-bond donors (Lipinski definition) is 6. The molecule has 4 rings (SSSR count). The first-order valence-electron chi connectivity index (χ1n) is 20.7. The van der Waals surface area contributed by atoms with Crippen molar-refractivity contribution in [1.82, 2.24) is 19.9 Å². The predicted octanol–water partition coefficient (Wildman–Crippen LogP) is 2.48. The van der Waals surface area contributed by atoms with E-state index in [2.05, 4.69) is 29.4 Å². The number of carbonyl (C=O) groups is 2. The van der Waals surface area contributed by atoms with E-state index < -0.39 is 80.9 Å². The fourth-order valence-electron chi connectivity index (χ4n) is 6.03. The molecule has 0 unspecified atom stereocenters. The van der Waals surface area contributed by atoms with Crippen molar-refractivity contribution >= 4 is 93.8 Å². The molecule has 0 aliphatic heterocycles. The van der Waals surface area contributed by atoms with Gasteiger partial charge in [-0.1, -0.05) is 52.0 Å². The maximum Gasteiger partial charge on any atom is 2.00 e. The number of aromatic nitrogens is 4. The first kappa shape index (κ1) is 58.6. The molecule has 0 bridgehead atoms. The maximum atomic E-state index is 13.5. The molecule has 2 aromatic heterocycles. The zero-order valence-corrected chi connectivity index (χ0v) is 41.6. The fraction of sp³-hybridized carbons (Fsp3) is 0.409. The number of benzene rings is 2. The van der Waals surface area contributed by atoms with Gasteiger partial charge in [-0.05, 0) is 74.2 Å². The average Bonchev–Trinajstić information content (AvgIpc) is 3.22. The number of rotatable bonds is 22. The Bertz CT molecular complexity index is 2390. The molecular formula is C44H54CaF2N6O12S2. The predicted molar refractivity (Wildman–Crippen MR) is 246 cm³/mol. The Balaban J connectivity index is 0.000000453. The second kappa shape index (κ2) is 26.9. The number of sulfonamides is 2. The van der Waals surface area contributed by atoms with Gasteiger partial charge in [-0.25, -0.2) is 45.6 Å². The van der Waals surface area contributed by atoms with Crippen LogP contribution in [0.5, 0.6) is 0 Å². The number of aliphatic hydroxyl groups is 4. The molecule has 18 nitrogen and oxygen atoms in total. The van der Waals surface area contributed by atoms with E-state index >= 15 is 0 Å². The summed E-state index contributed by atoms with van der Waals surface area (Å²) in [5.74, 6) is -4.78. The van der Waals surface area contributed by atoms with E-state index in [0.29, 0.717) is 45.0 Å². The van der Waals surface area contributed by atoms with E-state index in [4.69, 9.17) is 0 Å². The molecule has 0 saturated carbocycles. The summed E-state index contributed by atoms with van der Waals surface area (Å²) in [5, 5.41) is 61.1. The summed E-state index contributed by atoms with van der Waals surface area (Å²) < 4.78 is 79.9. The Morgan fingerprint density at radius 3 is 1.19 bits per heavy atom. The first-order chi connectivity index (χ1) is 30.8. The molecule has 0 spiro atoms. The van der Waals surface area contributed by atoms with Gasteiger partial charge in [0.05, 0.1) is 58.7 Å². The van der Waals surface area contributed by atoms with Crippen molar-refractivity contribution in [2.24, 2.45) is 0 Å². The van der Waals surface area contributed by atoms with Crippen LogP contribution in [0.15, 0.2) is 60.7 Å². The monoisotopic (exact) mass is 1000 g/mol.